The van der Waals surface area contributed by atoms with Crippen molar-refractivity contribution in [1.29, 1.82) is 0 Å². The third-order valence-electron chi connectivity index (χ3n) is 8.15. The number of urea groups is 1. The molecule has 15 nitrogen and oxygen atoms in total. The molecule has 0 heterocycles. The van der Waals surface area contributed by atoms with Crippen LogP contribution in [0.3, 0.4) is 0 Å². The van der Waals surface area contributed by atoms with Gasteiger partial charge >= 0.3 is 30.0 Å². The van der Waals surface area contributed by atoms with Gasteiger partial charge in [-0.05, 0) is 121 Å². The minimum atomic E-state index is -1.19. The van der Waals surface area contributed by atoms with Gasteiger partial charge in [0.25, 0.3) is 0 Å². The summed E-state index contributed by atoms with van der Waals surface area (Å²) in [6, 6.07) is -2.32. The average molecular weight is 827 g/mol. The highest BCUT2D eigenvalue weighted by molar-refractivity contribution is 5.88. The minimum absolute atomic E-state index is 0.0707. The first-order valence-electron chi connectivity index (χ1n) is 20.8. The monoisotopic (exact) mass is 827 g/mol. The van der Waals surface area contributed by atoms with E-state index in [1.54, 1.807) is 83.1 Å². The zero-order chi connectivity index (χ0) is 45.1. The summed E-state index contributed by atoms with van der Waals surface area (Å²) in [7, 11) is 0. The third-order valence-corrected chi connectivity index (χ3v) is 8.15. The van der Waals surface area contributed by atoms with E-state index < -0.39 is 75.9 Å². The summed E-state index contributed by atoms with van der Waals surface area (Å²) < 4.78 is 21.7. The van der Waals surface area contributed by atoms with Gasteiger partial charge < -0.3 is 40.2 Å². The van der Waals surface area contributed by atoms with Crippen LogP contribution in [0.4, 0.5) is 9.59 Å². The first-order valence-corrected chi connectivity index (χ1v) is 20.8. The number of alkyl carbamates (subject to hydrolysis) is 1. The molecule has 4 amide bonds. The smallest absolute Gasteiger partial charge is 0.407 e. The molecule has 0 rings (SSSR count). The van der Waals surface area contributed by atoms with E-state index in [1.165, 1.54) is 0 Å². The molecule has 0 aliphatic heterocycles. The molecule has 0 saturated heterocycles. The highest BCUT2D eigenvalue weighted by Gasteiger charge is 2.32. The van der Waals surface area contributed by atoms with E-state index in [0.717, 1.165) is 19.3 Å². The van der Waals surface area contributed by atoms with Crippen LogP contribution in [0.5, 0.6) is 0 Å². The van der Waals surface area contributed by atoms with Crippen LogP contribution in [0.1, 0.15) is 174 Å². The fourth-order valence-corrected chi connectivity index (χ4v) is 5.51. The Hall–Kier alpha value is -3.91. The molecule has 0 aliphatic rings. The van der Waals surface area contributed by atoms with Crippen molar-refractivity contribution >= 4 is 41.7 Å². The van der Waals surface area contributed by atoms with Crippen molar-refractivity contribution in [3.05, 3.63) is 0 Å². The lowest BCUT2D eigenvalue weighted by Gasteiger charge is -2.32. The maximum Gasteiger partial charge on any atom is 0.407 e. The van der Waals surface area contributed by atoms with Gasteiger partial charge in [0.05, 0.1) is 0 Å². The molecule has 0 spiro atoms. The van der Waals surface area contributed by atoms with E-state index >= 15 is 0 Å². The molecule has 0 saturated carbocycles. The predicted octanol–water partition coefficient (Wildman–Crippen LogP) is 7.21. The number of amides is 4. The van der Waals surface area contributed by atoms with Gasteiger partial charge in [0.2, 0.25) is 5.91 Å². The second-order valence-electron chi connectivity index (χ2n) is 20.0. The van der Waals surface area contributed by atoms with Gasteiger partial charge in [0.1, 0.15) is 34.2 Å². The zero-order valence-corrected chi connectivity index (χ0v) is 38.4. The molecular formula is C43H78N4O11. The van der Waals surface area contributed by atoms with Crippen molar-refractivity contribution in [2.45, 2.75) is 209 Å². The van der Waals surface area contributed by atoms with Crippen LogP contribution in [-0.4, -0.2) is 89.3 Å². The summed E-state index contributed by atoms with van der Waals surface area (Å²) in [6.45, 7) is 27.6. The second-order valence-corrected chi connectivity index (χ2v) is 20.0. The fourth-order valence-electron chi connectivity index (χ4n) is 5.51. The Morgan fingerprint density at radius 3 is 1.43 bits per heavy atom. The van der Waals surface area contributed by atoms with Crippen molar-refractivity contribution in [1.82, 2.24) is 21.3 Å². The van der Waals surface area contributed by atoms with Crippen LogP contribution >= 0.6 is 0 Å². The number of carbonyl (C=O) groups is 7. The standard InChI is InChI=1S/C43H78N4O11/c1-39(2,3)32(23-25-34(50)56-41(7,8)9)47-37(53)46-31(36(52)57-42(10,11)12)22-21-30(48)28-29(20-24-33(49)55-40(4,5)6)35(51)44-26-18-16-17-19-27-45-38(54)58-43(13,14)15/h29,31-32H,16-28H2,1-15H3,(H,44,51)(H,45,54)(H2,46,47,53)/t29-,31+,32+/m1/s1. The van der Waals surface area contributed by atoms with E-state index in [0.29, 0.717) is 25.9 Å². The topological polar surface area (TPSA) is 205 Å². The number of hydrogen-bond acceptors (Lipinski definition) is 11. The molecule has 0 aromatic carbocycles. The zero-order valence-electron chi connectivity index (χ0n) is 38.4. The van der Waals surface area contributed by atoms with Gasteiger partial charge in [-0.3, -0.25) is 19.2 Å². The van der Waals surface area contributed by atoms with E-state index in [4.69, 9.17) is 18.9 Å². The molecule has 0 aromatic heterocycles. The number of hydrogen-bond donors (Lipinski definition) is 4. The summed E-state index contributed by atoms with van der Waals surface area (Å²) in [4.78, 5) is 90.2. The van der Waals surface area contributed by atoms with Crippen molar-refractivity contribution in [3.63, 3.8) is 0 Å². The summed E-state index contributed by atoms with van der Waals surface area (Å²) in [6.07, 6.45) is 2.50. The van der Waals surface area contributed by atoms with Crippen LogP contribution in [0.25, 0.3) is 0 Å². The highest BCUT2D eigenvalue weighted by Crippen LogP contribution is 2.24. The number of unbranched alkanes of at least 4 members (excludes halogenated alkanes) is 3. The quantitative estimate of drug-likeness (QED) is 0.0488. The highest BCUT2D eigenvalue weighted by atomic mass is 16.6. The van der Waals surface area contributed by atoms with E-state index in [1.807, 2.05) is 20.8 Å². The molecule has 0 radical (unpaired) electrons. The number of nitrogens with one attached hydrogen (secondary N) is 4. The molecule has 0 fully saturated rings. The number of rotatable bonds is 22. The van der Waals surface area contributed by atoms with Gasteiger partial charge in [-0.1, -0.05) is 33.6 Å². The molecule has 15 heteroatoms. The molecule has 3 atom stereocenters. The van der Waals surface area contributed by atoms with E-state index in [9.17, 15) is 33.6 Å². The molecule has 336 valence electrons. The molecular weight excluding hydrogens is 748 g/mol. The predicted molar refractivity (Wildman–Crippen MR) is 223 cm³/mol. The van der Waals surface area contributed by atoms with Crippen LogP contribution in [0, 0.1) is 11.3 Å². The van der Waals surface area contributed by atoms with Gasteiger partial charge in [-0.25, -0.2) is 14.4 Å². The number of ketones is 1. The molecule has 0 aliphatic carbocycles. The Morgan fingerprint density at radius 1 is 0.500 bits per heavy atom. The van der Waals surface area contributed by atoms with Gasteiger partial charge in [0, 0.05) is 50.7 Å². The Kier molecular flexibility index (Phi) is 22.6. The van der Waals surface area contributed by atoms with Crippen LogP contribution < -0.4 is 21.3 Å². The van der Waals surface area contributed by atoms with Crippen LogP contribution in [0.2, 0.25) is 0 Å². The number of Topliss-reactive ketones (excluding diaryl/α,β-unsaturated/α-hetero) is 1. The fraction of sp³-hybridized carbons (Fsp3) is 0.837. The molecule has 58 heavy (non-hydrogen) atoms. The second kappa shape index (κ2) is 24.2. The lowest BCUT2D eigenvalue weighted by molar-refractivity contribution is -0.158. The Bertz CT molecular complexity index is 1350. The summed E-state index contributed by atoms with van der Waals surface area (Å²) in [5.74, 6) is -3.14. The maximum atomic E-state index is 13.4. The third kappa shape index (κ3) is 29.3. The summed E-state index contributed by atoms with van der Waals surface area (Å²) in [5, 5.41) is 11.2. The van der Waals surface area contributed by atoms with Gasteiger partial charge in [-0.15, -0.1) is 0 Å². The van der Waals surface area contributed by atoms with Crippen molar-refractivity contribution in [2.75, 3.05) is 13.1 Å². The molecule has 0 aromatic rings. The van der Waals surface area contributed by atoms with E-state index in [-0.39, 0.29) is 50.2 Å². The molecule has 4 N–H and O–H groups in total. The largest absolute Gasteiger partial charge is 0.460 e. The summed E-state index contributed by atoms with van der Waals surface area (Å²) in [5.41, 5.74) is -3.26. The van der Waals surface area contributed by atoms with Crippen LogP contribution in [-0.2, 0) is 42.9 Å². The van der Waals surface area contributed by atoms with Gasteiger partial charge in [-0.2, -0.15) is 0 Å². The average Bonchev–Trinajstić information content (AvgIpc) is 3.00. The number of esters is 3. The molecule has 0 unspecified atom stereocenters. The lowest BCUT2D eigenvalue weighted by atomic mass is 9.84. The lowest BCUT2D eigenvalue weighted by Crippen LogP contribution is -2.53. The van der Waals surface area contributed by atoms with Crippen molar-refractivity contribution < 1.29 is 52.5 Å². The Balaban J connectivity index is 5.60. The SMILES string of the molecule is CC(C)(C)OC(=O)CC[C@H](CC(=O)CC[C@H](NC(=O)N[C@@H](CCC(=O)OC(C)(C)C)C(C)(C)C)C(=O)OC(C)(C)C)C(=O)NCCCCCCNC(=O)OC(C)(C)C. The maximum absolute atomic E-state index is 13.4. The summed E-state index contributed by atoms with van der Waals surface area (Å²) >= 11 is 0. The normalized spacial score (nSPS) is 13.9. The Labute approximate surface area is 348 Å². The van der Waals surface area contributed by atoms with Crippen molar-refractivity contribution in [2.24, 2.45) is 11.3 Å². The molecule has 0 bridgehead atoms. The first kappa shape index (κ1) is 54.1. The number of carbonyl (C=O) groups excluding carboxylic acids is 7. The van der Waals surface area contributed by atoms with Gasteiger partial charge in [0.15, 0.2) is 0 Å². The minimum Gasteiger partial charge on any atom is -0.460 e. The first-order chi connectivity index (χ1) is 26.3. The van der Waals surface area contributed by atoms with Crippen LogP contribution in [0.15, 0.2) is 0 Å². The van der Waals surface area contributed by atoms with E-state index in [2.05, 4.69) is 21.3 Å². The van der Waals surface area contributed by atoms with Crippen molar-refractivity contribution in [3.8, 4) is 0 Å². The number of ether oxygens (including phenoxy) is 4. The Morgan fingerprint density at radius 2 is 0.966 bits per heavy atom.